The Balaban J connectivity index is 2.36. The van der Waals surface area contributed by atoms with Crippen LogP contribution in [0.4, 0.5) is 0 Å². The van der Waals surface area contributed by atoms with Crippen molar-refractivity contribution in [3.8, 4) is 0 Å². The summed E-state index contributed by atoms with van der Waals surface area (Å²) in [6.07, 6.45) is 6.15. The highest BCUT2D eigenvalue weighted by atomic mass is 14.8. The molecule has 1 nitrogen and oxygen atoms in total. The van der Waals surface area contributed by atoms with Crippen molar-refractivity contribution in [3.05, 3.63) is 11.6 Å². The zero-order valence-corrected chi connectivity index (χ0v) is 6.11. The van der Waals surface area contributed by atoms with Gasteiger partial charge in [0, 0.05) is 0 Å². The molecule has 52 valence electrons. The van der Waals surface area contributed by atoms with Crippen LogP contribution in [0.5, 0.6) is 0 Å². The Labute approximate surface area is 57.1 Å². The zero-order valence-electron chi connectivity index (χ0n) is 6.11. The molecule has 0 bridgehead atoms. The number of hydrogen-bond acceptors (Lipinski definition) is 1. The maximum atomic E-state index is 3.37. The van der Waals surface area contributed by atoms with E-state index in [1.54, 1.807) is 5.57 Å². The monoisotopic (exact) mass is 125 g/mol. The van der Waals surface area contributed by atoms with Crippen LogP contribution in [0, 0.1) is 0 Å². The van der Waals surface area contributed by atoms with Crippen LogP contribution in [0.15, 0.2) is 11.6 Å². The predicted molar refractivity (Wildman–Crippen MR) is 40.5 cm³/mol. The topological polar surface area (TPSA) is 12.0 Å². The van der Waals surface area contributed by atoms with Gasteiger partial charge in [0.05, 0.1) is 0 Å². The Morgan fingerprint density at radius 3 is 3.00 bits per heavy atom. The standard InChI is InChI=1S/C8H15N/c1-2-8-4-3-6-9-7-5-8/h2,9H,3-7H2,1H3. The minimum atomic E-state index is 1.18. The van der Waals surface area contributed by atoms with Gasteiger partial charge >= 0.3 is 0 Å². The maximum Gasteiger partial charge on any atom is -0.00116 e. The van der Waals surface area contributed by atoms with Gasteiger partial charge in [-0.1, -0.05) is 11.6 Å². The van der Waals surface area contributed by atoms with E-state index in [1.165, 1.54) is 32.4 Å². The lowest BCUT2D eigenvalue weighted by Gasteiger charge is -1.97. The molecular formula is C8H15N. The second kappa shape index (κ2) is 3.67. The largest absolute Gasteiger partial charge is 0.316 e. The molecule has 0 radical (unpaired) electrons. The maximum absolute atomic E-state index is 3.37. The first kappa shape index (κ1) is 6.81. The third kappa shape index (κ3) is 2.19. The van der Waals surface area contributed by atoms with Crippen molar-refractivity contribution < 1.29 is 0 Å². The third-order valence-electron chi connectivity index (χ3n) is 1.88. The van der Waals surface area contributed by atoms with Gasteiger partial charge < -0.3 is 5.32 Å². The second-order valence-electron chi connectivity index (χ2n) is 2.55. The van der Waals surface area contributed by atoms with Crippen LogP contribution in [-0.2, 0) is 0 Å². The Morgan fingerprint density at radius 1 is 1.33 bits per heavy atom. The summed E-state index contributed by atoms with van der Waals surface area (Å²) in [5.74, 6) is 0. The van der Waals surface area contributed by atoms with Crippen LogP contribution in [-0.4, -0.2) is 13.1 Å². The highest BCUT2D eigenvalue weighted by Gasteiger charge is 2.00. The van der Waals surface area contributed by atoms with Crippen molar-refractivity contribution in [2.75, 3.05) is 13.1 Å². The molecule has 1 aliphatic rings. The Hall–Kier alpha value is -0.300. The van der Waals surface area contributed by atoms with Gasteiger partial charge in [-0.15, -0.1) is 0 Å². The zero-order chi connectivity index (χ0) is 6.53. The van der Waals surface area contributed by atoms with Crippen LogP contribution in [0.3, 0.4) is 0 Å². The summed E-state index contributed by atoms with van der Waals surface area (Å²) in [6, 6.07) is 0. The average molecular weight is 125 g/mol. The summed E-state index contributed by atoms with van der Waals surface area (Å²) < 4.78 is 0. The molecule has 0 spiro atoms. The highest BCUT2D eigenvalue weighted by molar-refractivity contribution is 5.01. The van der Waals surface area contributed by atoms with Gasteiger partial charge in [0.25, 0.3) is 0 Å². The molecule has 0 aliphatic carbocycles. The minimum Gasteiger partial charge on any atom is -0.316 e. The summed E-state index contributed by atoms with van der Waals surface area (Å²) in [5, 5.41) is 3.37. The quantitative estimate of drug-likeness (QED) is 0.486. The van der Waals surface area contributed by atoms with E-state index in [0.717, 1.165) is 0 Å². The molecule has 0 unspecified atom stereocenters. The smallest absolute Gasteiger partial charge is 0.00116 e. The van der Waals surface area contributed by atoms with Gasteiger partial charge in [0.1, 0.15) is 0 Å². The van der Waals surface area contributed by atoms with Gasteiger partial charge in [0.15, 0.2) is 0 Å². The van der Waals surface area contributed by atoms with E-state index >= 15 is 0 Å². The Bertz CT molecular complexity index is 95.1. The fourth-order valence-electron chi connectivity index (χ4n) is 1.23. The van der Waals surface area contributed by atoms with Gasteiger partial charge in [-0.25, -0.2) is 0 Å². The van der Waals surface area contributed by atoms with E-state index in [4.69, 9.17) is 0 Å². The van der Waals surface area contributed by atoms with E-state index in [-0.39, 0.29) is 0 Å². The number of hydrogen-bond donors (Lipinski definition) is 1. The third-order valence-corrected chi connectivity index (χ3v) is 1.88. The van der Waals surface area contributed by atoms with Crippen molar-refractivity contribution in [3.63, 3.8) is 0 Å². The first-order chi connectivity index (χ1) is 4.43. The van der Waals surface area contributed by atoms with Crippen LogP contribution in [0.1, 0.15) is 26.2 Å². The molecule has 1 aliphatic heterocycles. The van der Waals surface area contributed by atoms with Gasteiger partial charge in [0.2, 0.25) is 0 Å². The van der Waals surface area contributed by atoms with Crippen LogP contribution < -0.4 is 5.32 Å². The molecular weight excluding hydrogens is 110 g/mol. The molecule has 1 heterocycles. The van der Waals surface area contributed by atoms with Gasteiger partial charge in [-0.05, 0) is 39.3 Å². The molecule has 1 rings (SSSR count). The lowest BCUT2D eigenvalue weighted by molar-refractivity contribution is 0.703. The number of nitrogens with one attached hydrogen (secondary N) is 1. The number of allylic oxidation sites excluding steroid dienone is 1. The van der Waals surface area contributed by atoms with Crippen molar-refractivity contribution in [2.24, 2.45) is 0 Å². The summed E-state index contributed by atoms with van der Waals surface area (Å²) >= 11 is 0. The van der Waals surface area contributed by atoms with Crippen LogP contribution >= 0.6 is 0 Å². The average Bonchev–Trinajstić information content (AvgIpc) is 2.13. The minimum absolute atomic E-state index is 1.18. The molecule has 1 heteroatoms. The summed E-state index contributed by atoms with van der Waals surface area (Å²) in [5.41, 5.74) is 1.63. The van der Waals surface area contributed by atoms with E-state index < -0.39 is 0 Å². The van der Waals surface area contributed by atoms with Gasteiger partial charge in [-0.2, -0.15) is 0 Å². The summed E-state index contributed by atoms with van der Waals surface area (Å²) in [7, 11) is 0. The van der Waals surface area contributed by atoms with Crippen molar-refractivity contribution >= 4 is 0 Å². The van der Waals surface area contributed by atoms with Gasteiger partial charge in [-0.3, -0.25) is 0 Å². The first-order valence-electron chi connectivity index (χ1n) is 3.78. The van der Waals surface area contributed by atoms with Crippen LogP contribution in [0.25, 0.3) is 0 Å². The first-order valence-corrected chi connectivity index (χ1v) is 3.78. The van der Waals surface area contributed by atoms with E-state index in [1.807, 2.05) is 0 Å². The molecule has 0 saturated carbocycles. The molecule has 1 saturated heterocycles. The fraction of sp³-hybridized carbons (Fsp3) is 0.750. The molecule has 1 N–H and O–H groups in total. The van der Waals surface area contributed by atoms with E-state index in [0.29, 0.717) is 0 Å². The second-order valence-corrected chi connectivity index (χ2v) is 2.55. The lowest BCUT2D eigenvalue weighted by Crippen LogP contribution is -2.13. The van der Waals surface area contributed by atoms with Crippen molar-refractivity contribution in [2.45, 2.75) is 26.2 Å². The molecule has 0 aromatic heterocycles. The SMILES string of the molecule is CC=C1CCCNCC1. The lowest BCUT2D eigenvalue weighted by atomic mass is 10.1. The molecule has 0 atom stereocenters. The van der Waals surface area contributed by atoms with Crippen LogP contribution in [0.2, 0.25) is 0 Å². The fourth-order valence-corrected chi connectivity index (χ4v) is 1.23. The van der Waals surface area contributed by atoms with E-state index in [2.05, 4.69) is 18.3 Å². The van der Waals surface area contributed by atoms with Crippen molar-refractivity contribution in [1.82, 2.24) is 5.32 Å². The Morgan fingerprint density at radius 2 is 2.22 bits per heavy atom. The predicted octanol–water partition coefficient (Wildman–Crippen LogP) is 1.71. The molecule has 0 aromatic carbocycles. The normalized spacial score (nSPS) is 26.1. The molecule has 0 amide bonds. The number of rotatable bonds is 0. The van der Waals surface area contributed by atoms with E-state index in [9.17, 15) is 0 Å². The van der Waals surface area contributed by atoms with Crippen molar-refractivity contribution in [1.29, 1.82) is 0 Å². The highest BCUT2D eigenvalue weighted by Crippen LogP contribution is 2.10. The molecule has 0 aromatic rings. The Kier molecular flexibility index (Phi) is 2.78. The summed E-state index contributed by atoms with van der Waals surface area (Å²) in [4.78, 5) is 0. The molecule has 9 heavy (non-hydrogen) atoms. The summed E-state index contributed by atoms with van der Waals surface area (Å²) in [6.45, 7) is 4.53. The molecule has 1 fully saturated rings.